The summed E-state index contributed by atoms with van der Waals surface area (Å²) in [6.45, 7) is 0. The van der Waals surface area contributed by atoms with Crippen molar-refractivity contribution in [2.75, 3.05) is 5.32 Å². The van der Waals surface area contributed by atoms with Crippen LogP contribution in [0.2, 0.25) is 0 Å². The fourth-order valence-electron chi connectivity index (χ4n) is 3.93. The third kappa shape index (κ3) is 2.80. The largest absolute Gasteiger partial charge is 0.380 e. The average Bonchev–Trinajstić information content (AvgIpc) is 2.49. The van der Waals surface area contributed by atoms with Gasteiger partial charge in [-0.3, -0.25) is 0 Å². The fraction of sp³-hybridized carbons (Fsp3) is 0.588. The molecule has 0 heterocycles. The van der Waals surface area contributed by atoms with Gasteiger partial charge < -0.3 is 5.32 Å². The number of benzene rings is 1. The van der Waals surface area contributed by atoms with Crippen molar-refractivity contribution >= 4 is 5.69 Å². The second-order valence-corrected chi connectivity index (χ2v) is 6.27. The fourth-order valence-corrected chi connectivity index (χ4v) is 3.93. The molecule has 0 radical (unpaired) electrons. The van der Waals surface area contributed by atoms with Crippen molar-refractivity contribution in [1.29, 1.82) is 5.26 Å². The molecule has 2 saturated carbocycles. The van der Waals surface area contributed by atoms with Gasteiger partial charge in [-0.05, 0) is 49.3 Å². The number of nitrogens with zero attached hydrogens (tertiary/aromatic N) is 1. The van der Waals surface area contributed by atoms with Gasteiger partial charge in [-0.1, -0.05) is 25.7 Å². The molecule has 0 bridgehead atoms. The van der Waals surface area contributed by atoms with Crippen LogP contribution < -0.4 is 5.32 Å². The average molecular weight is 272 g/mol. The molecule has 2 aliphatic carbocycles. The zero-order valence-electron chi connectivity index (χ0n) is 11.7. The zero-order chi connectivity index (χ0) is 13.9. The Morgan fingerprint density at radius 1 is 1.10 bits per heavy atom. The van der Waals surface area contributed by atoms with Gasteiger partial charge in [0.2, 0.25) is 0 Å². The molecular formula is C17H21FN2. The van der Waals surface area contributed by atoms with Gasteiger partial charge in [-0.25, -0.2) is 4.39 Å². The second-order valence-electron chi connectivity index (χ2n) is 6.27. The Kier molecular flexibility index (Phi) is 3.91. The van der Waals surface area contributed by atoms with Crippen LogP contribution in [0.25, 0.3) is 0 Å². The summed E-state index contributed by atoms with van der Waals surface area (Å²) >= 11 is 0. The van der Waals surface area contributed by atoms with E-state index in [9.17, 15) is 4.39 Å². The summed E-state index contributed by atoms with van der Waals surface area (Å²) in [5.74, 6) is 1.43. The molecular weight excluding hydrogens is 251 g/mol. The van der Waals surface area contributed by atoms with Crippen LogP contribution in [0.3, 0.4) is 0 Å². The number of rotatable bonds is 2. The Hall–Kier alpha value is -1.56. The summed E-state index contributed by atoms with van der Waals surface area (Å²) in [7, 11) is 0. The Balaban J connectivity index is 1.65. The normalized spacial score (nSPS) is 29.3. The van der Waals surface area contributed by atoms with Gasteiger partial charge >= 0.3 is 0 Å². The lowest BCUT2D eigenvalue weighted by Crippen LogP contribution is -2.34. The number of hydrogen-bond acceptors (Lipinski definition) is 2. The number of anilines is 1. The molecule has 2 nitrogen and oxygen atoms in total. The lowest BCUT2D eigenvalue weighted by molar-refractivity contribution is 0.162. The van der Waals surface area contributed by atoms with E-state index in [-0.39, 0.29) is 5.82 Å². The Morgan fingerprint density at radius 3 is 2.65 bits per heavy atom. The molecule has 2 aliphatic rings. The molecule has 2 fully saturated rings. The van der Waals surface area contributed by atoms with Crippen molar-refractivity contribution in [3.05, 3.63) is 29.6 Å². The van der Waals surface area contributed by atoms with Crippen LogP contribution in [0, 0.1) is 29.0 Å². The summed E-state index contributed by atoms with van der Waals surface area (Å²) < 4.78 is 13.9. The molecule has 106 valence electrons. The van der Waals surface area contributed by atoms with Crippen LogP contribution in [0.1, 0.15) is 50.5 Å². The highest BCUT2D eigenvalue weighted by Gasteiger charge is 2.32. The molecule has 3 heteroatoms. The van der Waals surface area contributed by atoms with Crippen LogP contribution in [-0.2, 0) is 0 Å². The first kappa shape index (κ1) is 13.4. The third-order valence-corrected chi connectivity index (χ3v) is 5.00. The minimum atomic E-state index is -0.310. The minimum absolute atomic E-state index is 0.310. The van der Waals surface area contributed by atoms with Gasteiger partial charge in [0.15, 0.2) is 0 Å². The van der Waals surface area contributed by atoms with E-state index < -0.39 is 0 Å². The first-order valence-corrected chi connectivity index (χ1v) is 7.72. The Bertz CT molecular complexity index is 520. The predicted molar refractivity (Wildman–Crippen MR) is 77.8 cm³/mol. The van der Waals surface area contributed by atoms with Crippen molar-refractivity contribution in [3.63, 3.8) is 0 Å². The molecule has 0 saturated heterocycles. The molecule has 3 atom stereocenters. The van der Waals surface area contributed by atoms with E-state index in [4.69, 9.17) is 5.26 Å². The third-order valence-electron chi connectivity index (χ3n) is 5.00. The summed E-state index contributed by atoms with van der Waals surface area (Å²) in [5.41, 5.74) is 0.923. The number of nitriles is 1. The van der Waals surface area contributed by atoms with Crippen LogP contribution >= 0.6 is 0 Å². The standard InChI is InChI=1S/C17H21FN2/c18-16-9-12(11-19)5-8-17(16)20-15-7-6-13-3-1-2-4-14(13)10-15/h5,8-9,13-15,20H,1-4,6-7,10H2. The van der Waals surface area contributed by atoms with Crippen LogP contribution in [0.15, 0.2) is 18.2 Å². The number of fused-ring (bicyclic) bond motifs is 1. The zero-order valence-corrected chi connectivity index (χ0v) is 11.7. The first-order chi connectivity index (χ1) is 9.76. The molecule has 0 amide bonds. The van der Waals surface area contributed by atoms with Gasteiger partial charge in [0.05, 0.1) is 17.3 Å². The molecule has 20 heavy (non-hydrogen) atoms. The molecule has 1 aromatic carbocycles. The number of nitrogens with one attached hydrogen (secondary N) is 1. The van der Waals surface area contributed by atoms with E-state index in [0.29, 0.717) is 17.3 Å². The van der Waals surface area contributed by atoms with E-state index in [1.54, 1.807) is 12.1 Å². The summed E-state index contributed by atoms with van der Waals surface area (Å²) in [6.07, 6.45) is 9.08. The summed E-state index contributed by atoms with van der Waals surface area (Å²) in [4.78, 5) is 0. The number of halogens is 1. The second kappa shape index (κ2) is 5.83. The van der Waals surface area contributed by atoms with E-state index in [2.05, 4.69) is 5.32 Å². The van der Waals surface area contributed by atoms with E-state index in [1.807, 2.05) is 6.07 Å². The van der Waals surface area contributed by atoms with Crippen molar-refractivity contribution in [1.82, 2.24) is 0 Å². The molecule has 0 aliphatic heterocycles. The quantitative estimate of drug-likeness (QED) is 0.862. The molecule has 0 spiro atoms. The van der Waals surface area contributed by atoms with Crippen LogP contribution in [0.4, 0.5) is 10.1 Å². The highest BCUT2D eigenvalue weighted by atomic mass is 19.1. The summed E-state index contributed by atoms with van der Waals surface area (Å²) in [6, 6.07) is 7.04. The monoisotopic (exact) mass is 272 g/mol. The van der Waals surface area contributed by atoms with Crippen molar-refractivity contribution in [3.8, 4) is 6.07 Å². The lowest BCUT2D eigenvalue weighted by Gasteiger charge is -2.39. The van der Waals surface area contributed by atoms with Crippen LogP contribution in [0.5, 0.6) is 0 Å². The van der Waals surface area contributed by atoms with Crippen molar-refractivity contribution in [2.45, 2.75) is 51.0 Å². The minimum Gasteiger partial charge on any atom is -0.380 e. The molecule has 1 aromatic rings. The first-order valence-electron chi connectivity index (χ1n) is 7.72. The molecule has 3 unspecified atom stereocenters. The van der Waals surface area contributed by atoms with Gasteiger partial charge in [-0.2, -0.15) is 5.26 Å². The van der Waals surface area contributed by atoms with Gasteiger partial charge in [-0.15, -0.1) is 0 Å². The van der Waals surface area contributed by atoms with E-state index >= 15 is 0 Å². The van der Waals surface area contributed by atoms with E-state index in [1.165, 1.54) is 44.6 Å². The lowest BCUT2D eigenvalue weighted by atomic mass is 9.69. The molecule has 1 N–H and O–H groups in total. The van der Waals surface area contributed by atoms with Crippen molar-refractivity contribution < 1.29 is 4.39 Å². The topological polar surface area (TPSA) is 35.8 Å². The van der Waals surface area contributed by atoms with Gasteiger partial charge in [0, 0.05) is 6.04 Å². The highest BCUT2D eigenvalue weighted by molar-refractivity contribution is 5.49. The molecule has 0 aromatic heterocycles. The highest BCUT2D eigenvalue weighted by Crippen LogP contribution is 2.41. The maximum absolute atomic E-state index is 13.9. The maximum atomic E-state index is 13.9. The van der Waals surface area contributed by atoms with Gasteiger partial charge in [0.1, 0.15) is 5.82 Å². The Labute approximate surface area is 120 Å². The van der Waals surface area contributed by atoms with Gasteiger partial charge in [0.25, 0.3) is 0 Å². The maximum Gasteiger partial charge on any atom is 0.147 e. The smallest absolute Gasteiger partial charge is 0.147 e. The van der Waals surface area contributed by atoms with Crippen LogP contribution in [-0.4, -0.2) is 6.04 Å². The number of hydrogen-bond donors (Lipinski definition) is 1. The molecule has 3 rings (SSSR count). The summed E-state index contributed by atoms with van der Waals surface area (Å²) in [5, 5.41) is 12.1. The predicted octanol–water partition coefficient (Wildman–Crippen LogP) is 4.47. The Morgan fingerprint density at radius 2 is 1.90 bits per heavy atom. The van der Waals surface area contributed by atoms with E-state index in [0.717, 1.165) is 18.3 Å². The van der Waals surface area contributed by atoms with Crippen molar-refractivity contribution in [2.24, 2.45) is 11.8 Å². The SMILES string of the molecule is N#Cc1ccc(NC2CCC3CCCCC3C2)c(F)c1.